The van der Waals surface area contributed by atoms with Crippen LogP contribution in [0.15, 0.2) is 114 Å². The van der Waals surface area contributed by atoms with E-state index in [4.69, 9.17) is 4.74 Å². The minimum absolute atomic E-state index is 0.0537. The molecule has 4 rings (SSSR count). The normalized spacial score (nSPS) is 10.8. The van der Waals surface area contributed by atoms with Gasteiger partial charge in [-0.1, -0.05) is 42.5 Å². The Morgan fingerprint density at radius 1 is 0.846 bits per heavy atom. The van der Waals surface area contributed by atoms with Crippen LogP contribution in [0.25, 0.3) is 6.08 Å². The van der Waals surface area contributed by atoms with Crippen LogP contribution in [-0.2, 0) is 9.59 Å². The molecule has 0 aliphatic carbocycles. The molecule has 39 heavy (non-hydrogen) atoms. The number of hydrogen-bond acceptors (Lipinski definition) is 6. The average Bonchev–Trinajstić information content (AvgIpc) is 2.97. The molecule has 0 bridgehead atoms. The summed E-state index contributed by atoms with van der Waals surface area (Å²) in [7, 11) is 1.54. The Balaban J connectivity index is 1.44. The zero-order chi connectivity index (χ0) is 27.5. The van der Waals surface area contributed by atoms with Crippen molar-refractivity contribution in [3.05, 3.63) is 120 Å². The van der Waals surface area contributed by atoms with Crippen LogP contribution in [-0.4, -0.2) is 35.6 Å². The summed E-state index contributed by atoms with van der Waals surface area (Å²) in [5.41, 5.74) is 1.64. The van der Waals surface area contributed by atoms with Crippen LogP contribution in [0.2, 0.25) is 0 Å². The standard InChI is InChI=1S/C30H26N4O4S/c1-38-26-12-6-5-11-22(26)19-25(33-29(36)21-9-3-2-4-10-21)30(37)32-23-14-16-24(17-15-23)39-20-28(35)34-27-13-7-8-18-31-27/h2-19H,20H2,1H3,(H,32,37)(H,33,36)(H,31,34,35)/b25-19-. The van der Waals surface area contributed by atoms with Gasteiger partial charge >= 0.3 is 0 Å². The number of nitrogens with one attached hydrogen (secondary N) is 3. The fourth-order valence-electron chi connectivity index (χ4n) is 3.48. The summed E-state index contributed by atoms with van der Waals surface area (Å²) in [5, 5.41) is 8.28. The van der Waals surface area contributed by atoms with Gasteiger partial charge in [0.25, 0.3) is 11.8 Å². The maximum Gasteiger partial charge on any atom is 0.272 e. The molecule has 1 aromatic heterocycles. The molecule has 196 valence electrons. The smallest absolute Gasteiger partial charge is 0.272 e. The van der Waals surface area contributed by atoms with Crippen LogP contribution in [0, 0.1) is 0 Å². The van der Waals surface area contributed by atoms with E-state index in [9.17, 15) is 14.4 Å². The molecule has 0 unspecified atom stereocenters. The molecule has 3 N–H and O–H groups in total. The fraction of sp³-hybridized carbons (Fsp3) is 0.0667. The molecule has 3 amide bonds. The third kappa shape index (κ3) is 8.05. The molecule has 0 fully saturated rings. The monoisotopic (exact) mass is 538 g/mol. The van der Waals surface area contributed by atoms with Crippen molar-refractivity contribution in [1.82, 2.24) is 10.3 Å². The highest BCUT2D eigenvalue weighted by Gasteiger charge is 2.16. The van der Waals surface area contributed by atoms with Gasteiger partial charge in [0.05, 0.1) is 12.9 Å². The van der Waals surface area contributed by atoms with E-state index in [1.165, 1.54) is 18.9 Å². The molecule has 8 nitrogen and oxygen atoms in total. The summed E-state index contributed by atoms with van der Waals surface area (Å²) < 4.78 is 5.40. The van der Waals surface area contributed by atoms with Crippen molar-refractivity contribution in [2.45, 2.75) is 4.90 Å². The molecule has 0 spiro atoms. The number of methoxy groups -OCH3 is 1. The number of ether oxygens (including phenoxy) is 1. The van der Waals surface area contributed by atoms with Crippen molar-refractivity contribution in [2.75, 3.05) is 23.5 Å². The van der Waals surface area contributed by atoms with Crippen molar-refractivity contribution in [2.24, 2.45) is 0 Å². The van der Waals surface area contributed by atoms with Gasteiger partial charge in [0.15, 0.2) is 0 Å². The predicted molar refractivity (Wildman–Crippen MR) is 154 cm³/mol. The first-order valence-corrected chi connectivity index (χ1v) is 13.0. The quantitative estimate of drug-likeness (QED) is 0.188. The summed E-state index contributed by atoms with van der Waals surface area (Å²) >= 11 is 1.36. The lowest BCUT2D eigenvalue weighted by Crippen LogP contribution is -2.30. The number of amides is 3. The van der Waals surface area contributed by atoms with E-state index in [0.717, 1.165) is 4.90 Å². The van der Waals surface area contributed by atoms with Crippen LogP contribution >= 0.6 is 11.8 Å². The number of thioether (sulfide) groups is 1. The van der Waals surface area contributed by atoms with E-state index in [1.54, 1.807) is 91.1 Å². The Labute approximate surface area is 230 Å². The van der Waals surface area contributed by atoms with Crippen molar-refractivity contribution in [3.63, 3.8) is 0 Å². The number of rotatable bonds is 10. The van der Waals surface area contributed by atoms with E-state index >= 15 is 0 Å². The highest BCUT2D eigenvalue weighted by molar-refractivity contribution is 8.00. The molecule has 0 aliphatic heterocycles. The average molecular weight is 539 g/mol. The maximum atomic E-state index is 13.3. The minimum Gasteiger partial charge on any atom is -0.496 e. The lowest BCUT2D eigenvalue weighted by Gasteiger charge is -2.13. The Bertz CT molecular complexity index is 1460. The first-order chi connectivity index (χ1) is 19.0. The fourth-order valence-corrected chi connectivity index (χ4v) is 4.18. The molecule has 0 saturated carbocycles. The Morgan fingerprint density at radius 2 is 1.56 bits per heavy atom. The van der Waals surface area contributed by atoms with Crippen molar-refractivity contribution in [1.29, 1.82) is 0 Å². The topological polar surface area (TPSA) is 109 Å². The number of nitrogens with zero attached hydrogens (tertiary/aromatic N) is 1. The molecule has 0 atom stereocenters. The number of anilines is 2. The van der Waals surface area contributed by atoms with Gasteiger partial charge in [0.1, 0.15) is 17.3 Å². The van der Waals surface area contributed by atoms with Crippen molar-refractivity contribution < 1.29 is 19.1 Å². The van der Waals surface area contributed by atoms with E-state index in [0.29, 0.717) is 28.4 Å². The lowest BCUT2D eigenvalue weighted by molar-refractivity contribution is -0.114. The number of benzene rings is 3. The Morgan fingerprint density at radius 3 is 2.28 bits per heavy atom. The zero-order valence-corrected chi connectivity index (χ0v) is 21.9. The SMILES string of the molecule is COc1ccccc1/C=C(\NC(=O)c1ccccc1)C(=O)Nc1ccc(SCC(=O)Nc2ccccn2)cc1. The van der Waals surface area contributed by atoms with Crippen LogP contribution in [0.4, 0.5) is 11.5 Å². The van der Waals surface area contributed by atoms with E-state index in [2.05, 4.69) is 20.9 Å². The Hall–Kier alpha value is -4.89. The molecule has 0 aliphatic rings. The predicted octanol–water partition coefficient (Wildman–Crippen LogP) is 5.23. The van der Waals surface area contributed by atoms with E-state index in [1.807, 2.05) is 18.2 Å². The van der Waals surface area contributed by atoms with Gasteiger partial charge in [-0.05, 0) is 60.7 Å². The lowest BCUT2D eigenvalue weighted by atomic mass is 10.1. The molecule has 4 aromatic rings. The number of pyridine rings is 1. The number of hydrogen-bond donors (Lipinski definition) is 3. The van der Waals surface area contributed by atoms with E-state index < -0.39 is 11.8 Å². The highest BCUT2D eigenvalue weighted by atomic mass is 32.2. The van der Waals surface area contributed by atoms with Crippen molar-refractivity contribution in [3.8, 4) is 5.75 Å². The summed E-state index contributed by atoms with van der Waals surface area (Å²) in [6.07, 6.45) is 3.18. The van der Waals surface area contributed by atoms with Gasteiger partial charge < -0.3 is 20.7 Å². The Kier molecular flexibility index (Phi) is 9.47. The number of para-hydroxylation sites is 1. The molecule has 3 aromatic carbocycles. The van der Waals surface area contributed by atoms with Gasteiger partial charge in [0, 0.05) is 27.9 Å². The highest BCUT2D eigenvalue weighted by Crippen LogP contribution is 2.23. The van der Waals surface area contributed by atoms with Crippen LogP contribution in [0.1, 0.15) is 15.9 Å². The summed E-state index contributed by atoms with van der Waals surface area (Å²) in [6.45, 7) is 0. The third-order valence-corrected chi connectivity index (χ3v) is 6.39. The molecule has 9 heteroatoms. The maximum absolute atomic E-state index is 13.3. The second-order valence-corrected chi connectivity index (χ2v) is 9.20. The van der Waals surface area contributed by atoms with Gasteiger partial charge in [-0.25, -0.2) is 4.98 Å². The number of carbonyl (C=O) groups excluding carboxylic acids is 3. The number of carbonyl (C=O) groups is 3. The molecule has 0 saturated heterocycles. The van der Waals surface area contributed by atoms with Gasteiger partial charge in [-0.3, -0.25) is 14.4 Å². The second-order valence-electron chi connectivity index (χ2n) is 8.15. The van der Waals surface area contributed by atoms with Gasteiger partial charge in [-0.2, -0.15) is 0 Å². The second kappa shape index (κ2) is 13.6. The first-order valence-electron chi connectivity index (χ1n) is 12.0. The summed E-state index contributed by atoms with van der Waals surface area (Å²) in [5.74, 6) is 0.182. The molecular weight excluding hydrogens is 512 g/mol. The van der Waals surface area contributed by atoms with Crippen LogP contribution in [0.5, 0.6) is 5.75 Å². The van der Waals surface area contributed by atoms with E-state index in [-0.39, 0.29) is 17.4 Å². The van der Waals surface area contributed by atoms with Gasteiger partial charge in [-0.15, -0.1) is 11.8 Å². The summed E-state index contributed by atoms with van der Waals surface area (Å²) in [6, 6.07) is 28.2. The third-order valence-electron chi connectivity index (χ3n) is 5.38. The number of aromatic nitrogens is 1. The van der Waals surface area contributed by atoms with Crippen LogP contribution < -0.4 is 20.7 Å². The van der Waals surface area contributed by atoms with Crippen LogP contribution in [0.3, 0.4) is 0 Å². The van der Waals surface area contributed by atoms with Gasteiger partial charge in [0.2, 0.25) is 5.91 Å². The molecular formula is C30H26N4O4S. The molecule has 1 heterocycles. The zero-order valence-electron chi connectivity index (χ0n) is 21.1. The van der Waals surface area contributed by atoms with Crippen molar-refractivity contribution >= 4 is 47.1 Å². The largest absolute Gasteiger partial charge is 0.496 e. The molecule has 0 radical (unpaired) electrons. The minimum atomic E-state index is -0.500. The first kappa shape index (κ1) is 27.2. The summed E-state index contributed by atoms with van der Waals surface area (Å²) in [4.78, 5) is 43.2.